The van der Waals surface area contributed by atoms with Gasteiger partial charge in [0.2, 0.25) is 0 Å². The lowest BCUT2D eigenvalue weighted by Crippen LogP contribution is -2.50. The van der Waals surface area contributed by atoms with Crippen LogP contribution in [0.4, 0.5) is 0 Å². The molecule has 2 N–H and O–H groups in total. The summed E-state index contributed by atoms with van der Waals surface area (Å²) in [6.45, 7) is 4.87. The highest BCUT2D eigenvalue weighted by Gasteiger charge is 2.28. The molecule has 0 bridgehead atoms. The molecule has 0 aromatic carbocycles. The summed E-state index contributed by atoms with van der Waals surface area (Å²) >= 11 is 0. The molecule has 2 atom stereocenters. The smallest absolute Gasteiger partial charge is 0.0224 e. The first-order chi connectivity index (χ1) is 6.25. The zero-order valence-electron chi connectivity index (χ0n) is 8.58. The van der Waals surface area contributed by atoms with E-state index in [-0.39, 0.29) is 0 Å². The van der Waals surface area contributed by atoms with Crippen molar-refractivity contribution in [3.63, 3.8) is 0 Å². The van der Waals surface area contributed by atoms with Crippen LogP contribution in [0.5, 0.6) is 0 Å². The van der Waals surface area contributed by atoms with Gasteiger partial charge in [0, 0.05) is 25.2 Å². The molecule has 3 nitrogen and oxygen atoms in total. The van der Waals surface area contributed by atoms with Gasteiger partial charge in [0.25, 0.3) is 0 Å². The van der Waals surface area contributed by atoms with Crippen LogP contribution in [0, 0.1) is 0 Å². The van der Waals surface area contributed by atoms with Crippen LogP contribution in [-0.4, -0.2) is 55.1 Å². The molecule has 13 heavy (non-hydrogen) atoms. The lowest BCUT2D eigenvalue weighted by atomic mass is 9.99. The van der Waals surface area contributed by atoms with Gasteiger partial charge in [0.15, 0.2) is 0 Å². The SMILES string of the molecule is CN1CCCN2CC(N)CCC2C1. The number of hydrogen-bond acceptors (Lipinski definition) is 3. The Morgan fingerprint density at radius 3 is 2.85 bits per heavy atom. The fourth-order valence-electron chi connectivity index (χ4n) is 2.61. The summed E-state index contributed by atoms with van der Waals surface area (Å²) in [6.07, 6.45) is 3.82. The number of rotatable bonds is 0. The molecule has 3 heteroatoms. The van der Waals surface area contributed by atoms with E-state index in [2.05, 4.69) is 16.8 Å². The number of fused-ring (bicyclic) bond motifs is 1. The van der Waals surface area contributed by atoms with Gasteiger partial charge in [-0.25, -0.2) is 0 Å². The van der Waals surface area contributed by atoms with E-state index in [4.69, 9.17) is 5.73 Å². The van der Waals surface area contributed by atoms with E-state index in [0.717, 1.165) is 12.6 Å². The summed E-state index contributed by atoms with van der Waals surface area (Å²) in [5, 5.41) is 0. The average Bonchev–Trinajstić information content (AvgIpc) is 2.25. The van der Waals surface area contributed by atoms with E-state index in [0.29, 0.717) is 6.04 Å². The minimum absolute atomic E-state index is 0.430. The maximum atomic E-state index is 5.97. The maximum Gasteiger partial charge on any atom is 0.0224 e. The summed E-state index contributed by atoms with van der Waals surface area (Å²) < 4.78 is 0. The van der Waals surface area contributed by atoms with E-state index < -0.39 is 0 Å². The average molecular weight is 183 g/mol. The Balaban J connectivity index is 1.97. The van der Waals surface area contributed by atoms with E-state index in [9.17, 15) is 0 Å². The van der Waals surface area contributed by atoms with Crippen LogP contribution in [0.15, 0.2) is 0 Å². The van der Waals surface area contributed by atoms with Crippen molar-refractivity contribution >= 4 is 0 Å². The molecule has 0 aromatic rings. The Morgan fingerprint density at radius 2 is 2.00 bits per heavy atom. The van der Waals surface area contributed by atoms with Gasteiger partial charge in [-0.1, -0.05) is 0 Å². The van der Waals surface area contributed by atoms with E-state index in [1.54, 1.807) is 0 Å². The molecule has 0 aliphatic carbocycles. The second-order valence-corrected chi connectivity index (χ2v) is 4.60. The van der Waals surface area contributed by atoms with Crippen molar-refractivity contribution in [3.05, 3.63) is 0 Å². The van der Waals surface area contributed by atoms with Crippen molar-refractivity contribution in [2.45, 2.75) is 31.3 Å². The first-order valence-electron chi connectivity index (χ1n) is 5.44. The van der Waals surface area contributed by atoms with E-state index >= 15 is 0 Å². The predicted molar refractivity (Wildman–Crippen MR) is 54.7 cm³/mol. The Hall–Kier alpha value is -0.120. The zero-order chi connectivity index (χ0) is 9.26. The minimum Gasteiger partial charge on any atom is -0.327 e. The third-order valence-electron chi connectivity index (χ3n) is 3.36. The fourth-order valence-corrected chi connectivity index (χ4v) is 2.61. The van der Waals surface area contributed by atoms with Gasteiger partial charge in [-0.3, -0.25) is 4.90 Å². The summed E-state index contributed by atoms with van der Waals surface area (Å²) in [4.78, 5) is 5.05. The first kappa shape index (κ1) is 9.44. The standard InChI is InChI=1S/C10H21N3/c1-12-5-2-6-13-7-9(11)3-4-10(13)8-12/h9-10H,2-8,11H2,1H3. The molecule has 76 valence electrons. The number of nitrogens with two attached hydrogens (primary N) is 1. The molecule has 2 aliphatic heterocycles. The molecular formula is C10H21N3. The molecule has 2 heterocycles. The van der Waals surface area contributed by atoms with E-state index in [1.807, 2.05) is 0 Å². The molecule has 2 rings (SSSR count). The summed E-state index contributed by atoms with van der Waals surface area (Å²) in [6, 6.07) is 1.21. The highest BCUT2D eigenvalue weighted by Crippen LogP contribution is 2.19. The molecule has 0 radical (unpaired) electrons. The van der Waals surface area contributed by atoms with Gasteiger partial charge < -0.3 is 10.6 Å². The lowest BCUT2D eigenvalue weighted by Gasteiger charge is -2.37. The van der Waals surface area contributed by atoms with Crippen molar-refractivity contribution < 1.29 is 0 Å². The van der Waals surface area contributed by atoms with Gasteiger partial charge >= 0.3 is 0 Å². The van der Waals surface area contributed by atoms with Crippen LogP contribution in [0.25, 0.3) is 0 Å². The third-order valence-corrected chi connectivity index (χ3v) is 3.36. The Labute approximate surface area is 80.9 Å². The zero-order valence-corrected chi connectivity index (χ0v) is 8.58. The number of nitrogens with zero attached hydrogens (tertiary/aromatic N) is 2. The summed E-state index contributed by atoms with van der Waals surface area (Å²) in [7, 11) is 2.23. The number of hydrogen-bond donors (Lipinski definition) is 1. The summed E-state index contributed by atoms with van der Waals surface area (Å²) in [5.74, 6) is 0. The highest BCUT2D eigenvalue weighted by atomic mass is 15.2. The second kappa shape index (κ2) is 3.95. The van der Waals surface area contributed by atoms with Crippen LogP contribution in [-0.2, 0) is 0 Å². The van der Waals surface area contributed by atoms with Crippen LogP contribution in [0.3, 0.4) is 0 Å². The monoisotopic (exact) mass is 183 g/mol. The number of piperidine rings is 1. The molecular weight excluding hydrogens is 162 g/mol. The Bertz CT molecular complexity index is 170. The third kappa shape index (κ3) is 2.22. The van der Waals surface area contributed by atoms with Gasteiger partial charge in [-0.05, 0) is 39.4 Å². The molecule has 2 aliphatic rings. The molecule has 0 amide bonds. The Morgan fingerprint density at radius 1 is 1.15 bits per heavy atom. The van der Waals surface area contributed by atoms with Gasteiger partial charge in [-0.2, -0.15) is 0 Å². The van der Waals surface area contributed by atoms with Crippen molar-refractivity contribution in [1.29, 1.82) is 0 Å². The van der Waals surface area contributed by atoms with Crippen LogP contribution < -0.4 is 5.73 Å². The van der Waals surface area contributed by atoms with E-state index in [1.165, 1.54) is 38.9 Å². The van der Waals surface area contributed by atoms with Crippen LogP contribution >= 0.6 is 0 Å². The topological polar surface area (TPSA) is 32.5 Å². The quantitative estimate of drug-likeness (QED) is 0.579. The predicted octanol–water partition coefficient (Wildman–Crippen LogP) is 0.114. The minimum atomic E-state index is 0.430. The molecule has 0 aromatic heterocycles. The molecule has 2 saturated heterocycles. The fraction of sp³-hybridized carbons (Fsp3) is 1.00. The Kier molecular flexibility index (Phi) is 2.86. The molecule has 0 saturated carbocycles. The normalized spacial score (nSPS) is 38.3. The first-order valence-corrected chi connectivity index (χ1v) is 5.44. The molecule has 2 unspecified atom stereocenters. The van der Waals surface area contributed by atoms with Crippen LogP contribution in [0.2, 0.25) is 0 Å². The van der Waals surface area contributed by atoms with Gasteiger partial charge in [-0.15, -0.1) is 0 Å². The maximum absolute atomic E-state index is 5.97. The van der Waals surface area contributed by atoms with Crippen molar-refractivity contribution in [2.75, 3.05) is 33.2 Å². The molecule has 2 fully saturated rings. The van der Waals surface area contributed by atoms with Crippen molar-refractivity contribution in [3.8, 4) is 0 Å². The largest absolute Gasteiger partial charge is 0.327 e. The van der Waals surface area contributed by atoms with Crippen molar-refractivity contribution in [1.82, 2.24) is 9.80 Å². The summed E-state index contributed by atoms with van der Waals surface area (Å²) in [5.41, 5.74) is 5.97. The van der Waals surface area contributed by atoms with Gasteiger partial charge in [0.1, 0.15) is 0 Å². The highest BCUT2D eigenvalue weighted by molar-refractivity contribution is 4.86. The van der Waals surface area contributed by atoms with Gasteiger partial charge in [0.05, 0.1) is 0 Å². The number of likely N-dealkylation sites (N-methyl/N-ethyl adjacent to an activating group) is 1. The molecule has 0 spiro atoms. The van der Waals surface area contributed by atoms with Crippen molar-refractivity contribution in [2.24, 2.45) is 5.73 Å². The second-order valence-electron chi connectivity index (χ2n) is 4.60. The van der Waals surface area contributed by atoms with Crippen LogP contribution in [0.1, 0.15) is 19.3 Å². The lowest BCUT2D eigenvalue weighted by molar-refractivity contribution is 0.130.